The van der Waals surface area contributed by atoms with Gasteiger partial charge in [-0.1, -0.05) is 29.4 Å². The number of halogens is 1. The molecule has 0 spiro atoms. The van der Waals surface area contributed by atoms with Gasteiger partial charge in [-0.15, -0.1) is 12.4 Å². The number of oxime groups is 1. The number of para-hydroxylation sites is 1. The zero-order valence-electron chi connectivity index (χ0n) is 12.9. The summed E-state index contributed by atoms with van der Waals surface area (Å²) in [6.07, 6.45) is 2.45. The molecule has 23 heavy (non-hydrogen) atoms. The van der Waals surface area contributed by atoms with Gasteiger partial charge < -0.3 is 15.3 Å². The maximum Gasteiger partial charge on any atom is 0.166 e. The van der Waals surface area contributed by atoms with Gasteiger partial charge in [0.25, 0.3) is 0 Å². The predicted octanol–water partition coefficient (Wildman–Crippen LogP) is 2.96. The van der Waals surface area contributed by atoms with E-state index < -0.39 is 0 Å². The molecule has 6 heteroatoms. The first-order valence-electron chi connectivity index (χ1n) is 7.33. The molecule has 0 saturated carbocycles. The lowest BCUT2D eigenvalue weighted by Gasteiger charge is -2.15. The third-order valence-electron chi connectivity index (χ3n) is 3.64. The fraction of sp³-hybridized carbons (Fsp3) is 0.294. The van der Waals surface area contributed by atoms with Crippen molar-refractivity contribution in [2.75, 3.05) is 13.2 Å². The fourth-order valence-electron chi connectivity index (χ4n) is 2.46. The van der Waals surface area contributed by atoms with E-state index in [1.165, 1.54) is 0 Å². The number of aromatic nitrogens is 1. The Morgan fingerprint density at radius 3 is 2.74 bits per heavy atom. The lowest BCUT2D eigenvalue weighted by Crippen LogP contribution is -2.20. The van der Waals surface area contributed by atoms with Crippen molar-refractivity contribution in [2.24, 2.45) is 10.9 Å². The summed E-state index contributed by atoms with van der Waals surface area (Å²) in [6, 6.07) is 11.9. The molecule has 0 fully saturated rings. The number of nitrogens with two attached hydrogens (primary N) is 1. The summed E-state index contributed by atoms with van der Waals surface area (Å²) in [6.45, 7) is 2.87. The molecule has 0 bridgehead atoms. The number of ether oxygens (including phenoxy) is 1. The van der Waals surface area contributed by atoms with Crippen LogP contribution in [0.4, 0.5) is 0 Å². The van der Waals surface area contributed by atoms with Gasteiger partial charge >= 0.3 is 0 Å². The number of aryl methyl sites for hydroxylation is 1. The van der Waals surface area contributed by atoms with Crippen molar-refractivity contribution < 1.29 is 9.57 Å². The molecule has 1 unspecified atom stereocenters. The standard InChI is InChI=1S/C17H19N3O2.ClH/c1-12-15(6-4-8-19-12)16-5-2-3-7-17(16)21-11-14-9-13(10-18)20-22-14;/h2-8,14H,9-11,18H2,1H3;1H. The number of pyridine rings is 1. The minimum atomic E-state index is -0.0680. The highest BCUT2D eigenvalue weighted by Crippen LogP contribution is 2.31. The van der Waals surface area contributed by atoms with Gasteiger partial charge in [-0.05, 0) is 19.1 Å². The molecule has 0 aliphatic carbocycles. The Morgan fingerprint density at radius 1 is 1.22 bits per heavy atom. The molecular weight excluding hydrogens is 314 g/mol. The van der Waals surface area contributed by atoms with Crippen molar-refractivity contribution in [3.8, 4) is 16.9 Å². The van der Waals surface area contributed by atoms with Crippen LogP contribution in [-0.4, -0.2) is 30.0 Å². The molecule has 122 valence electrons. The summed E-state index contributed by atoms with van der Waals surface area (Å²) in [5, 5.41) is 3.94. The number of hydrogen-bond acceptors (Lipinski definition) is 5. The summed E-state index contributed by atoms with van der Waals surface area (Å²) in [7, 11) is 0. The number of rotatable bonds is 5. The van der Waals surface area contributed by atoms with E-state index in [0.717, 1.165) is 34.7 Å². The lowest BCUT2D eigenvalue weighted by molar-refractivity contribution is 0.0472. The second kappa shape index (κ2) is 7.94. The van der Waals surface area contributed by atoms with E-state index >= 15 is 0 Å². The molecular formula is C17H20ClN3O2. The topological polar surface area (TPSA) is 69.7 Å². The summed E-state index contributed by atoms with van der Waals surface area (Å²) in [4.78, 5) is 9.66. The number of benzene rings is 1. The van der Waals surface area contributed by atoms with Gasteiger partial charge in [0.15, 0.2) is 6.10 Å². The Morgan fingerprint density at radius 2 is 2.00 bits per heavy atom. The van der Waals surface area contributed by atoms with E-state index in [1.807, 2.05) is 43.3 Å². The van der Waals surface area contributed by atoms with Crippen molar-refractivity contribution >= 4 is 18.1 Å². The molecule has 1 aliphatic rings. The molecule has 2 aromatic rings. The second-order valence-corrected chi connectivity index (χ2v) is 5.24. The van der Waals surface area contributed by atoms with Gasteiger partial charge in [0.2, 0.25) is 0 Å². The molecule has 2 heterocycles. The van der Waals surface area contributed by atoms with Gasteiger partial charge in [-0.25, -0.2) is 0 Å². The summed E-state index contributed by atoms with van der Waals surface area (Å²) in [5.41, 5.74) is 9.52. The first kappa shape index (κ1) is 17.2. The Kier molecular flexibility index (Phi) is 5.96. The second-order valence-electron chi connectivity index (χ2n) is 5.24. The highest BCUT2D eigenvalue weighted by atomic mass is 35.5. The molecule has 1 aliphatic heterocycles. The number of nitrogens with zero attached hydrogens (tertiary/aromatic N) is 2. The van der Waals surface area contributed by atoms with Crippen LogP contribution < -0.4 is 10.5 Å². The molecule has 2 N–H and O–H groups in total. The van der Waals surface area contributed by atoms with Gasteiger partial charge in [0, 0.05) is 36.0 Å². The summed E-state index contributed by atoms with van der Waals surface area (Å²) in [5.74, 6) is 0.823. The van der Waals surface area contributed by atoms with Crippen molar-refractivity contribution in [1.82, 2.24) is 4.98 Å². The van der Waals surface area contributed by atoms with Crippen molar-refractivity contribution in [1.29, 1.82) is 0 Å². The van der Waals surface area contributed by atoms with Gasteiger partial charge in [-0.2, -0.15) is 0 Å². The quantitative estimate of drug-likeness (QED) is 0.913. The highest BCUT2D eigenvalue weighted by Gasteiger charge is 2.21. The Labute approximate surface area is 141 Å². The molecule has 3 rings (SSSR count). The Balaban J connectivity index is 0.00000192. The third-order valence-corrected chi connectivity index (χ3v) is 3.64. The molecule has 1 aromatic heterocycles. The first-order valence-corrected chi connectivity index (χ1v) is 7.33. The van der Waals surface area contributed by atoms with Gasteiger partial charge in [0.05, 0.1) is 5.71 Å². The molecule has 1 aromatic carbocycles. The SMILES string of the molecule is Cc1ncccc1-c1ccccc1OCC1CC(CN)=NO1.Cl. The zero-order valence-corrected chi connectivity index (χ0v) is 13.8. The van der Waals surface area contributed by atoms with E-state index in [-0.39, 0.29) is 18.5 Å². The average Bonchev–Trinajstić information content (AvgIpc) is 3.02. The van der Waals surface area contributed by atoms with Gasteiger partial charge in [-0.3, -0.25) is 4.98 Å². The summed E-state index contributed by atoms with van der Waals surface area (Å²) >= 11 is 0. The van der Waals surface area contributed by atoms with Crippen LogP contribution in [0.25, 0.3) is 11.1 Å². The van der Waals surface area contributed by atoms with Crippen LogP contribution in [-0.2, 0) is 4.84 Å². The van der Waals surface area contributed by atoms with Crippen LogP contribution in [0.5, 0.6) is 5.75 Å². The van der Waals surface area contributed by atoms with E-state index in [0.29, 0.717) is 13.2 Å². The van der Waals surface area contributed by atoms with Crippen LogP contribution in [0, 0.1) is 6.92 Å². The zero-order chi connectivity index (χ0) is 15.4. The van der Waals surface area contributed by atoms with E-state index in [1.54, 1.807) is 6.20 Å². The van der Waals surface area contributed by atoms with Gasteiger partial charge in [0.1, 0.15) is 12.4 Å². The molecule has 0 amide bonds. The Hall–Kier alpha value is -2.11. The maximum absolute atomic E-state index is 5.96. The van der Waals surface area contributed by atoms with Crippen LogP contribution in [0.2, 0.25) is 0 Å². The largest absolute Gasteiger partial charge is 0.489 e. The third kappa shape index (κ3) is 4.00. The highest BCUT2D eigenvalue weighted by molar-refractivity contribution is 5.87. The molecule has 0 saturated heterocycles. The van der Waals surface area contributed by atoms with Crippen LogP contribution in [0.1, 0.15) is 12.1 Å². The smallest absolute Gasteiger partial charge is 0.166 e. The lowest BCUT2D eigenvalue weighted by atomic mass is 10.0. The predicted molar refractivity (Wildman–Crippen MR) is 93.1 cm³/mol. The van der Waals surface area contributed by atoms with Crippen molar-refractivity contribution in [3.63, 3.8) is 0 Å². The number of hydrogen-bond donors (Lipinski definition) is 1. The minimum absolute atomic E-state index is 0. The van der Waals surface area contributed by atoms with Crippen LogP contribution in [0.3, 0.4) is 0 Å². The van der Waals surface area contributed by atoms with Crippen LogP contribution >= 0.6 is 12.4 Å². The molecule has 0 radical (unpaired) electrons. The molecule has 1 atom stereocenters. The monoisotopic (exact) mass is 333 g/mol. The average molecular weight is 334 g/mol. The van der Waals surface area contributed by atoms with Crippen molar-refractivity contribution in [3.05, 3.63) is 48.3 Å². The van der Waals surface area contributed by atoms with Crippen LogP contribution in [0.15, 0.2) is 47.8 Å². The normalized spacial score (nSPS) is 16.3. The summed E-state index contributed by atoms with van der Waals surface area (Å²) < 4.78 is 5.96. The van der Waals surface area contributed by atoms with Crippen molar-refractivity contribution in [2.45, 2.75) is 19.4 Å². The minimum Gasteiger partial charge on any atom is -0.489 e. The van der Waals surface area contributed by atoms with E-state index in [2.05, 4.69) is 10.1 Å². The maximum atomic E-state index is 5.96. The molecule has 5 nitrogen and oxygen atoms in total. The first-order chi connectivity index (χ1) is 10.8. The van der Waals surface area contributed by atoms with E-state index in [4.69, 9.17) is 15.3 Å². The van der Waals surface area contributed by atoms with E-state index in [9.17, 15) is 0 Å². The fourth-order valence-corrected chi connectivity index (χ4v) is 2.46. The Bertz CT molecular complexity index is 691.